The van der Waals surface area contributed by atoms with Gasteiger partial charge in [0.25, 0.3) is 12.0 Å². The fourth-order valence-corrected chi connectivity index (χ4v) is 7.96. The molecule has 1 saturated heterocycles. The second kappa shape index (κ2) is 13.8. The number of hydrogen-bond acceptors (Lipinski definition) is 8. The van der Waals surface area contributed by atoms with Gasteiger partial charge in [0, 0.05) is 42.5 Å². The van der Waals surface area contributed by atoms with E-state index in [2.05, 4.69) is 21.3 Å². The summed E-state index contributed by atoms with van der Waals surface area (Å²) in [7, 11) is 4.34. The van der Waals surface area contributed by atoms with E-state index in [-0.39, 0.29) is 28.7 Å². The summed E-state index contributed by atoms with van der Waals surface area (Å²) in [5.41, 5.74) is 4.35. The summed E-state index contributed by atoms with van der Waals surface area (Å²) in [5.74, 6) is -0.622. The number of alkyl halides is 2. The van der Waals surface area contributed by atoms with Gasteiger partial charge in [0.2, 0.25) is 5.88 Å². The highest BCUT2D eigenvalue weighted by molar-refractivity contribution is 6.36. The number of ether oxygens (including phenoxy) is 1. The topological polar surface area (TPSA) is 132 Å². The average Bonchev–Trinajstić information content (AvgIpc) is 3.57. The minimum absolute atomic E-state index is 0.00226. The zero-order valence-corrected chi connectivity index (χ0v) is 29.8. The van der Waals surface area contributed by atoms with Crippen LogP contribution in [0.25, 0.3) is 33.3 Å². The van der Waals surface area contributed by atoms with Crippen LogP contribution < -0.4 is 21.3 Å². The van der Waals surface area contributed by atoms with E-state index in [0.29, 0.717) is 59.3 Å². The molecule has 4 heterocycles. The van der Waals surface area contributed by atoms with E-state index in [1.54, 1.807) is 19.2 Å². The number of likely N-dealkylation sites (tertiary alicyclic amines) is 1. The molecule has 0 bridgehead atoms. The number of halogens is 3. The molecular formula is C38H37ClF2N6O5. The number of benzene rings is 2. The number of anilines is 2. The molecule has 270 valence electrons. The Morgan fingerprint density at radius 3 is 2.38 bits per heavy atom. The average molecular weight is 731 g/mol. The third kappa shape index (κ3) is 6.01. The second-order valence-electron chi connectivity index (χ2n) is 13.4. The molecule has 7 rings (SSSR count). The highest BCUT2D eigenvalue weighted by atomic mass is 35.5. The summed E-state index contributed by atoms with van der Waals surface area (Å²) in [6.45, 7) is 3.25. The largest absolute Gasteiger partial charge is 0.481 e. The highest BCUT2D eigenvalue weighted by Gasteiger charge is 2.36. The Hall–Kier alpha value is -5.14. The van der Waals surface area contributed by atoms with Crippen LogP contribution in [0.2, 0.25) is 5.02 Å². The molecule has 1 fully saturated rings. The van der Waals surface area contributed by atoms with Gasteiger partial charge in [-0.3, -0.25) is 23.6 Å². The Morgan fingerprint density at radius 2 is 1.69 bits per heavy atom. The second-order valence-corrected chi connectivity index (χ2v) is 13.7. The van der Waals surface area contributed by atoms with E-state index in [0.717, 1.165) is 50.3 Å². The fourth-order valence-electron chi connectivity index (χ4n) is 7.64. The third-order valence-corrected chi connectivity index (χ3v) is 10.9. The first-order valence-corrected chi connectivity index (χ1v) is 17.4. The maximum atomic E-state index is 14.0. The normalized spacial score (nSPS) is 16.4. The van der Waals surface area contributed by atoms with Gasteiger partial charge < -0.3 is 15.2 Å². The van der Waals surface area contributed by atoms with Crippen LogP contribution in [0.3, 0.4) is 0 Å². The van der Waals surface area contributed by atoms with Crippen LogP contribution in [0, 0.1) is 12.8 Å². The number of methoxy groups -OCH3 is 1. The zero-order chi connectivity index (χ0) is 37.0. The summed E-state index contributed by atoms with van der Waals surface area (Å²) in [6, 6.07) is 14.3. The first-order chi connectivity index (χ1) is 24.9. The molecule has 1 aliphatic carbocycles. The van der Waals surface area contributed by atoms with Crippen molar-refractivity contribution in [1.29, 1.82) is 0 Å². The van der Waals surface area contributed by atoms with Crippen molar-refractivity contribution in [2.75, 3.05) is 25.5 Å². The van der Waals surface area contributed by atoms with Crippen molar-refractivity contribution in [3.05, 3.63) is 96.8 Å². The van der Waals surface area contributed by atoms with Crippen molar-refractivity contribution in [3.8, 4) is 28.3 Å². The standard InChI is InChI=1S/C38H37ClF2N6O5/c1-19-22(7-6-10-25(19)42-34-31-29(18-27(43-34)33(40)41)45(2)38(51)46(3)36(31)48)23-8-5-9-24(32(23)39)26-17-21-11-12-28(30(21)35(44-26)52-4)47-15-13-20(14-16-47)37(49)50/h5-10,17-18,20,28,33H,11-16H2,1-4H3,(H,42,43)(H,49,50)/t28-/m1/s1. The van der Waals surface area contributed by atoms with Crippen LogP contribution in [0.1, 0.15) is 54.1 Å². The molecule has 5 aromatic rings. The number of fused-ring (bicyclic) bond motifs is 2. The van der Waals surface area contributed by atoms with Crippen LogP contribution in [-0.4, -0.2) is 55.3 Å². The Morgan fingerprint density at radius 1 is 1.00 bits per heavy atom. The third-order valence-electron chi connectivity index (χ3n) is 10.5. The van der Waals surface area contributed by atoms with E-state index in [1.165, 1.54) is 14.1 Å². The molecule has 14 heteroatoms. The molecule has 0 amide bonds. The number of pyridine rings is 2. The maximum Gasteiger partial charge on any atom is 0.330 e. The molecule has 0 unspecified atom stereocenters. The van der Waals surface area contributed by atoms with E-state index >= 15 is 0 Å². The zero-order valence-electron chi connectivity index (χ0n) is 29.0. The van der Waals surface area contributed by atoms with Crippen molar-refractivity contribution < 1.29 is 23.4 Å². The lowest BCUT2D eigenvalue weighted by atomic mass is 9.94. The molecule has 11 nitrogen and oxygen atoms in total. The number of aliphatic carboxylic acids is 1. The fraction of sp³-hybridized carbons (Fsp3) is 0.342. The molecule has 2 aliphatic rings. The summed E-state index contributed by atoms with van der Waals surface area (Å²) < 4.78 is 35.8. The first kappa shape index (κ1) is 35.3. The lowest BCUT2D eigenvalue weighted by molar-refractivity contribution is -0.143. The monoisotopic (exact) mass is 730 g/mol. The van der Waals surface area contributed by atoms with Gasteiger partial charge in [0.15, 0.2) is 0 Å². The van der Waals surface area contributed by atoms with Gasteiger partial charge >= 0.3 is 11.7 Å². The number of carbonyl (C=O) groups is 1. The lowest BCUT2D eigenvalue weighted by Crippen LogP contribution is -2.38. The van der Waals surface area contributed by atoms with Crippen LogP contribution >= 0.6 is 11.6 Å². The molecule has 2 aromatic carbocycles. The molecule has 2 N–H and O–H groups in total. The van der Waals surface area contributed by atoms with E-state index in [1.807, 2.05) is 31.2 Å². The predicted octanol–water partition coefficient (Wildman–Crippen LogP) is 6.80. The van der Waals surface area contributed by atoms with E-state index in [9.17, 15) is 28.3 Å². The number of piperidine rings is 1. The smallest absolute Gasteiger partial charge is 0.330 e. The van der Waals surface area contributed by atoms with Gasteiger partial charge in [-0.1, -0.05) is 41.9 Å². The lowest BCUT2D eigenvalue weighted by Gasteiger charge is -2.35. The Balaban J connectivity index is 1.25. The number of rotatable bonds is 8. The minimum atomic E-state index is -2.94. The molecule has 3 aromatic heterocycles. The molecule has 0 radical (unpaired) electrons. The quantitative estimate of drug-likeness (QED) is 0.177. The summed E-state index contributed by atoms with van der Waals surface area (Å²) in [5, 5.41) is 13.0. The van der Waals surface area contributed by atoms with Crippen molar-refractivity contribution in [1.82, 2.24) is 24.0 Å². The van der Waals surface area contributed by atoms with Crippen molar-refractivity contribution in [3.63, 3.8) is 0 Å². The number of hydrogen-bond donors (Lipinski definition) is 2. The van der Waals surface area contributed by atoms with Crippen LogP contribution in [0.5, 0.6) is 5.88 Å². The van der Waals surface area contributed by atoms with Crippen molar-refractivity contribution in [2.45, 2.75) is 45.1 Å². The first-order valence-electron chi connectivity index (χ1n) is 17.0. The highest BCUT2D eigenvalue weighted by Crippen LogP contribution is 2.45. The van der Waals surface area contributed by atoms with Gasteiger partial charge in [-0.2, -0.15) is 0 Å². The predicted molar refractivity (Wildman–Crippen MR) is 195 cm³/mol. The van der Waals surface area contributed by atoms with Crippen molar-refractivity contribution in [2.24, 2.45) is 20.0 Å². The van der Waals surface area contributed by atoms with Gasteiger partial charge in [0.1, 0.15) is 16.9 Å². The Bertz CT molecular complexity index is 2370. The molecule has 1 atom stereocenters. The molecular weight excluding hydrogens is 694 g/mol. The van der Waals surface area contributed by atoms with E-state index in [4.69, 9.17) is 21.3 Å². The number of nitrogens with zero attached hydrogens (tertiary/aromatic N) is 5. The number of carboxylic acid groups (broad SMARTS) is 1. The Kier molecular flexibility index (Phi) is 9.34. The number of carboxylic acids is 1. The molecule has 1 aliphatic heterocycles. The van der Waals surface area contributed by atoms with Gasteiger partial charge in [-0.25, -0.2) is 23.5 Å². The number of aromatic nitrogens is 4. The van der Waals surface area contributed by atoms with E-state index < -0.39 is 29.3 Å². The maximum absolute atomic E-state index is 14.0. The van der Waals surface area contributed by atoms with Crippen molar-refractivity contribution >= 4 is 40.0 Å². The molecule has 52 heavy (non-hydrogen) atoms. The summed E-state index contributed by atoms with van der Waals surface area (Å²) >= 11 is 7.17. The van der Waals surface area contributed by atoms with Crippen LogP contribution in [0.15, 0.2) is 58.1 Å². The number of aryl methyl sites for hydroxylation is 2. The minimum Gasteiger partial charge on any atom is -0.481 e. The van der Waals surface area contributed by atoms with Gasteiger partial charge in [-0.05, 0) is 80.6 Å². The molecule has 0 spiro atoms. The van der Waals surface area contributed by atoms with Gasteiger partial charge in [0.05, 0.1) is 29.3 Å². The molecule has 0 saturated carbocycles. The Labute approximate surface area is 302 Å². The van der Waals surface area contributed by atoms with Crippen LogP contribution in [-0.2, 0) is 25.3 Å². The SMILES string of the molecule is COc1nc(-c2cccc(-c3cccc(Nc4nc(C(F)F)cc5c4c(=O)n(C)c(=O)n5C)c3C)c2Cl)cc2c1[C@H](N1CCC(C(=O)O)CC1)CC2. The summed E-state index contributed by atoms with van der Waals surface area (Å²) in [4.78, 5) is 48.8. The van der Waals surface area contributed by atoms with Crippen LogP contribution in [0.4, 0.5) is 20.3 Å². The van der Waals surface area contributed by atoms with Gasteiger partial charge in [-0.15, -0.1) is 0 Å². The number of nitrogens with one attached hydrogen (secondary N) is 1. The summed E-state index contributed by atoms with van der Waals surface area (Å²) in [6.07, 6.45) is -0.00761.